The monoisotopic (exact) mass is 252 g/mol. The highest BCUT2D eigenvalue weighted by atomic mass is 19.1. The first-order chi connectivity index (χ1) is 9.16. The van der Waals surface area contributed by atoms with Gasteiger partial charge < -0.3 is 5.11 Å². The Labute approximate surface area is 110 Å². The Balaban J connectivity index is 2.31. The molecule has 3 aromatic carbocycles. The van der Waals surface area contributed by atoms with Gasteiger partial charge in [-0.1, -0.05) is 42.5 Å². The van der Waals surface area contributed by atoms with Crippen molar-refractivity contribution in [2.45, 2.75) is 6.92 Å². The van der Waals surface area contributed by atoms with Crippen molar-refractivity contribution in [2.24, 2.45) is 0 Å². The van der Waals surface area contributed by atoms with Gasteiger partial charge in [0.15, 0.2) is 11.6 Å². The maximum Gasteiger partial charge on any atom is 0.165 e. The third-order valence-electron chi connectivity index (χ3n) is 3.40. The van der Waals surface area contributed by atoms with Crippen molar-refractivity contribution in [3.63, 3.8) is 0 Å². The molecule has 0 aliphatic carbocycles. The van der Waals surface area contributed by atoms with Gasteiger partial charge in [0.1, 0.15) is 0 Å². The van der Waals surface area contributed by atoms with E-state index in [0.717, 1.165) is 21.9 Å². The summed E-state index contributed by atoms with van der Waals surface area (Å²) in [5.41, 5.74) is 2.94. The Hall–Kier alpha value is -2.35. The lowest BCUT2D eigenvalue weighted by atomic mass is 9.95. The van der Waals surface area contributed by atoms with E-state index >= 15 is 0 Å². The lowest BCUT2D eigenvalue weighted by molar-refractivity contribution is 0.432. The molecule has 0 atom stereocenters. The van der Waals surface area contributed by atoms with Gasteiger partial charge >= 0.3 is 0 Å². The molecular formula is C17H13FO. The number of fused-ring (bicyclic) bond motifs is 1. The van der Waals surface area contributed by atoms with Crippen molar-refractivity contribution in [1.82, 2.24) is 0 Å². The minimum Gasteiger partial charge on any atom is -0.505 e. The molecule has 0 heterocycles. The zero-order chi connectivity index (χ0) is 13.4. The van der Waals surface area contributed by atoms with Crippen LogP contribution in [0.3, 0.4) is 0 Å². The van der Waals surface area contributed by atoms with E-state index in [9.17, 15) is 9.50 Å². The second-order valence-corrected chi connectivity index (χ2v) is 4.64. The van der Waals surface area contributed by atoms with Gasteiger partial charge in [0.2, 0.25) is 0 Å². The first-order valence-electron chi connectivity index (χ1n) is 6.14. The van der Waals surface area contributed by atoms with Crippen LogP contribution in [0.1, 0.15) is 5.56 Å². The lowest BCUT2D eigenvalue weighted by Gasteiger charge is -2.09. The van der Waals surface area contributed by atoms with Gasteiger partial charge in [-0.15, -0.1) is 0 Å². The maximum absolute atomic E-state index is 13.5. The number of aromatic hydroxyl groups is 1. The Bertz CT molecular complexity index is 762. The molecular weight excluding hydrogens is 239 g/mol. The van der Waals surface area contributed by atoms with Crippen LogP contribution < -0.4 is 0 Å². The second-order valence-electron chi connectivity index (χ2n) is 4.64. The predicted molar refractivity (Wildman–Crippen MR) is 75.7 cm³/mol. The Morgan fingerprint density at radius 3 is 2.37 bits per heavy atom. The zero-order valence-electron chi connectivity index (χ0n) is 10.5. The van der Waals surface area contributed by atoms with Crippen molar-refractivity contribution in [3.05, 3.63) is 66.0 Å². The molecule has 94 valence electrons. The molecule has 0 aliphatic heterocycles. The summed E-state index contributed by atoms with van der Waals surface area (Å²) in [7, 11) is 0. The van der Waals surface area contributed by atoms with Gasteiger partial charge in [-0.25, -0.2) is 4.39 Å². The SMILES string of the molecule is Cc1ccc(-c2ccc(O)c(F)c2)c2ccccc12. The third-order valence-corrected chi connectivity index (χ3v) is 3.40. The van der Waals surface area contributed by atoms with Crippen LogP contribution in [0.5, 0.6) is 5.75 Å². The van der Waals surface area contributed by atoms with Crippen LogP contribution in [0.2, 0.25) is 0 Å². The number of hydrogen-bond acceptors (Lipinski definition) is 1. The van der Waals surface area contributed by atoms with E-state index in [0.29, 0.717) is 0 Å². The van der Waals surface area contributed by atoms with Crippen LogP contribution in [-0.2, 0) is 0 Å². The number of aryl methyl sites for hydroxylation is 1. The molecule has 0 aromatic heterocycles. The van der Waals surface area contributed by atoms with E-state index < -0.39 is 5.82 Å². The Morgan fingerprint density at radius 2 is 1.63 bits per heavy atom. The average molecular weight is 252 g/mol. The number of benzene rings is 3. The summed E-state index contributed by atoms with van der Waals surface area (Å²) in [6, 6.07) is 16.6. The summed E-state index contributed by atoms with van der Waals surface area (Å²) in [6.07, 6.45) is 0. The molecule has 0 fully saturated rings. The van der Waals surface area contributed by atoms with Crippen LogP contribution in [0.4, 0.5) is 4.39 Å². The Morgan fingerprint density at radius 1 is 0.895 bits per heavy atom. The number of phenols is 1. The van der Waals surface area contributed by atoms with Gasteiger partial charge in [0.05, 0.1) is 0 Å². The zero-order valence-corrected chi connectivity index (χ0v) is 10.5. The quantitative estimate of drug-likeness (QED) is 0.667. The van der Waals surface area contributed by atoms with E-state index in [-0.39, 0.29) is 5.75 Å². The number of hydrogen-bond donors (Lipinski definition) is 1. The molecule has 0 unspecified atom stereocenters. The molecule has 0 amide bonds. The van der Waals surface area contributed by atoms with Crippen molar-refractivity contribution in [1.29, 1.82) is 0 Å². The maximum atomic E-state index is 13.5. The van der Waals surface area contributed by atoms with Crippen LogP contribution in [-0.4, -0.2) is 5.11 Å². The highest BCUT2D eigenvalue weighted by Gasteiger charge is 2.08. The van der Waals surface area contributed by atoms with E-state index in [1.54, 1.807) is 6.07 Å². The number of halogens is 1. The van der Waals surface area contributed by atoms with Gasteiger partial charge in [-0.3, -0.25) is 0 Å². The van der Waals surface area contributed by atoms with Gasteiger partial charge in [0, 0.05) is 0 Å². The molecule has 3 aromatic rings. The summed E-state index contributed by atoms with van der Waals surface area (Å²) in [6.45, 7) is 2.06. The van der Waals surface area contributed by atoms with E-state index in [1.165, 1.54) is 17.7 Å². The largest absolute Gasteiger partial charge is 0.505 e. The Kier molecular flexibility index (Phi) is 2.71. The van der Waals surface area contributed by atoms with Gasteiger partial charge in [0.25, 0.3) is 0 Å². The average Bonchev–Trinajstić information content (AvgIpc) is 2.43. The summed E-state index contributed by atoms with van der Waals surface area (Å²) < 4.78 is 13.5. The minimum atomic E-state index is -0.595. The molecule has 19 heavy (non-hydrogen) atoms. The first-order valence-corrected chi connectivity index (χ1v) is 6.14. The smallest absolute Gasteiger partial charge is 0.165 e. The highest BCUT2D eigenvalue weighted by molar-refractivity contribution is 5.98. The highest BCUT2D eigenvalue weighted by Crippen LogP contribution is 2.32. The van der Waals surface area contributed by atoms with Crippen molar-refractivity contribution in [3.8, 4) is 16.9 Å². The standard InChI is InChI=1S/C17H13FO/c1-11-6-8-14(15-5-3-2-4-13(11)15)12-7-9-17(19)16(18)10-12/h2-10,19H,1H3. The van der Waals surface area contributed by atoms with E-state index in [2.05, 4.69) is 13.0 Å². The molecule has 0 aliphatic rings. The molecule has 2 heteroatoms. The summed E-state index contributed by atoms with van der Waals surface area (Å²) in [5, 5.41) is 11.5. The fourth-order valence-corrected chi connectivity index (χ4v) is 2.38. The lowest BCUT2D eigenvalue weighted by Crippen LogP contribution is -1.85. The van der Waals surface area contributed by atoms with E-state index in [1.807, 2.05) is 30.3 Å². The van der Waals surface area contributed by atoms with Crippen molar-refractivity contribution < 1.29 is 9.50 Å². The topological polar surface area (TPSA) is 20.2 Å². The number of rotatable bonds is 1. The van der Waals surface area contributed by atoms with E-state index in [4.69, 9.17) is 0 Å². The van der Waals surface area contributed by atoms with Crippen LogP contribution in [0, 0.1) is 12.7 Å². The molecule has 0 saturated heterocycles. The fraction of sp³-hybridized carbons (Fsp3) is 0.0588. The molecule has 1 nitrogen and oxygen atoms in total. The number of phenolic OH excluding ortho intramolecular Hbond substituents is 1. The first kappa shape index (κ1) is 11.7. The predicted octanol–water partition coefficient (Wildman–Crippen LogP) is 4.66. The van der Waals surface area contributed by atoms with Gasteiger partial charge in [-0.05, 0) is 46.5 Å². The van der Waals surface area contributed by atoms with Crippen LogP contribution in [0.25, 0.3) is 21.9 Å². The summed E-state index contributed by atoms with van der Waals surface area (Å²) in [4.78, 5) is 0. The molecule has 0 saturated carbocycles. The van der Waals surface area contributed by atoms with Crippen molar-refractivity contribution >= 4 is 10.8 Å². The van der Waals surface area contributed by atoms with Crippen LogP contribution in [0.15, 0.2) is 54.6 Å². The fourth-order valence-electron chi connectivity index (χ4n) is 2.38. The van der Waals surface area contributed by atoms with Crippen molar-refractivity contribution in [2.75, 3.05) is 0 Å². The third kappa shape index (κ3) is 1.95. The normalized spacial score (nSPS) is 10.8. The van der Waals surface area contributed by atoms with Gasteiger partial charge in [-0.2, -0.15) is 0 Å². The second kappa shape index (κ2) is 4.39. The summed E-state index contributed by atoms with van der Waals surface area (Å²) in [5.74, 6) is -0.915. The molecule has 0 bridgehead atoms. The molecule has 1 N–H and O–H groups in total. The summed E-state index contributed by atoms with van der Waals surface area (Å²) >= 11 is 0. The molecule has 0 radical (unpaired) electrons. The molecule has 3 rings (SSSR count). The minimum absolute atomic E-state index is 0.319. The molecule has 0 spiro atoms. The van der Waals surface area contributed by atoms with Crippen LogP contribution >= 0.6 is 0 Å².